The Balaban J connectivity index is 1.44. The van der Waals surface area contributed by atoms with Gasteiger partial charge in [-0.2, -0.15) is 0 Å². The molecule has 2 aliphatic heterocycles. The molecule has 0 unspecified atom stereocenters. The van der Waals surface area contributed by atoms with Crippen LogP contribution in [0.25, 0.3) is 0 Å². The first kappa shape index (κ1) is 10.4. The van der Waals surface area contributed by atoms with E-state index in [0.717, 1.165) is 13.2 Å². The van der Waals surface area contributed by atoms with Gasteiger partial charge < -0.3 is 9.64 Å². The van der Waals surface area contributed by atoms with Crippen LogP contribution in [0.3, 0.4) is 0 Å². The summed E-state index contributed by atoms with van der Waals surface area (Å²) in [6.07, 6.45) is 7.02. The van der Waals surface area contributed by atoms with Crippen LogP contribution in [0.4, 0.5) is 0 Å². The molecule has 0 atom stereocenters. The molecule has 1 spiro atoms. The molecule has 2 rings (SSSR count). The van der Waals surface area contributed by atoms with Crippen molar-refractivity contribution in [2.75, 3.05) is 32.8 Å². The average Bonchev–Trinajstić information content (AvgIpc) is 2.04. The summed E-state index contributed by atoms with van der Waals surface area (Å²) in [6.45, 7) is 8.27. The largest absolute Gasteiger partial charge is 0.380 e. The number of ether oxygens (including phenoxy) is 1. The molecule has 0 aromatic rings. The molecule has 0 aromatic heterocycles. The van der Waals surface area contributed by atoms with Gasteiger partial charge in [-0.05, 0) is 13.0 Å². The number of rotatable bonds is 6. The van der Waals surface area contributed by atoms with E-state index in [1.165, 1.54) is 51.7 Å². The zero-order valence-corrected chi connectivity index (χ0v) is 9.43. The van der Waals surface area contributed by atoms with Crippen LogP contribution in [0.1, 0.15) is 39.0 Å². The molecule has 2 fully saturated rings. The highest BCUT2D eigenvalue weighted by Gasteiger charge is 2.48. The Labute approximate surface area is 87.6 Å². The Morgan fingerprint density at radius 1 is 1.07 bits per heavy atom. The first-order chi connectivity index (χ1) is 6.85. The van der Waals surface area contributed by atoms with E-state index in [0.29, 0.717) is 5.41 Å². The van der Waals surface area contributed by atoms with Crippen LogP contribution < -0.4 is 0 Å². The van der Waals surface area contributed by atoms with Gasteiger partial charge in [-0.15, -0.1) is 0 Å². The third-order valence-electron chi connectivity index (χ3n) is 3.51. The van der Waals surface area contributed by atoms with Gasteiger partial charge in [-0.3, -0.25) is 0 Å². The SMILES string of the molecule is CCCCCCCN1CC2(COC2)C1. The molecular formula is C12H23NO. The second-order valence-electron chi connectivity index (χ2n) is 5.12. The van der Waals surface area contributed by atoms with Gasteiger partial charge in [0.1, 0.15) is 0 Å². The number of unbranched alkanes of at least 4 members (excludes halogenated alkanes) is 4. The van der Waals surface area contributed by atoms with Crippen LogP contribution in [0.5, 0.6) is 0 Å². The maximum Gasteiger partial charge on any atom is 0.0569 e. The second-order valence-corrected chi connectivity index (χ2v) is 5.12. The van der Waals surface area contributed by atoms with Crippen molar-refractivity contribution in [3.05, 3.63) is 0 Å². The maximum absolute atomic E-state index is 5.26. The lowest BCUT2D eigenvalue weighted by Gasteiger charge is -2.55. The van der Waals surface area contributed by atoms with E-state index in [1.807, 2.05) is 0 Å². The normalized spacial score (nSPS) is 24.6. The van der Waals surface area contributed by atoms with Crippen LogP contribution in [-0.4, -0.2) is 37.7 Å². The van der Waals surface area contributed by atoms with Gasteiger partial charge in [0, 0.05) is 18.5 Å². The zero-order chi connectivity index (χ0) is 9.86. The predicted molar refractivity (Wildman–Crippen MR) is 58.5 cm³/mol. The van der Waals surface area contributed by atoms with Crippen LogP contribution in [0.15, 0.2) is 0 Å². The first-order valence-corrected chi connectivity index (χ1v) is 6.15. The predicted octanol–water partition coefficient (Wildman–Crippen LogP) is 2.29. The van der Waals surface area contributed by atoms with Crippen LogP contribution in [0.2, 0.25) is 0 Å². The monoisotopic (exact) mass is 197 g/mol. The Kier molecular flexibility index (Phi) is 3.45. The molecule has 2 heterocycles. The van der Waals surface area contributed by atoms with Crippen molar-refractivity contribution in [3.63, 3.8) is 0 Å². The summed E-state index contributed by atoms with van der Waals surface area (Å²) in [5.41, 5.74) is 0.615. The molecule has 0 bridgehead atoms. The van der Waals surface area contributed by atoms with Gasteiger partial charge in [-0.1, -0.05) is 32.6 Å². The molecule has 2 aliphatic rings. The number of likely N-dealkylation sites (tertiary alicyclic amines) is 1. The van der Waals surface area contributed by atoms with Gasteiger partial charge in [0.2, 0.25) is 0 Å². The average molecular weight is 197 g/mol. The standard InChI is InChI=1S/C12H23NO/c1-2-3-4-5-6-7-13-8-12(9-13)10-14-11-12/h2-11H2,1H3. The lowest BCUT2D eigenvalue weighted by Crippen LogP contribution is -2.65. The van der Waals surface area contributed by atoms with Gasteiger partial charge in [0.05, 0.1) is 13.2 Å². The summed E-state index contributed by atoms with van der Waals surface area (Å²) in [5, 5.41) is 0. The van der Waals surface area contributed by atoms with E-state index in [4.69, 9.17) is 4.74 Å². The van der Waals surface area contributed by atoms with E-state index >= 15 is 0 Å². The molecule has 2 saturated heterocycles. The fourth-order valence-electron chi connectivity index (χ4n) is 2.57. The minimum atomic E-state index is 0.615. The number of hydrogen-bond donors (Lipinski definition) is 0. The van der Waals surface area contributed by atoms with E-state index in [1.54, 1.807) is 0 Å². The molecule has 0 aromatic carbocycles. The Morgan fingerprint density at radius 2 is 1.79 bits per heavy atom. The molecule has 0 radical (unpaired) electrons. The molecule has 0 aliphatic carbocycles. The fourth-order valence-corrected chi connectivity index (χ4v) is 2.57. The zero-order valence-electron chi connectivity index (χ0n) is 9.43. The number of hydrogen-bond acceptors (Lipinski definition) is 2. The third kappa shape index (κ3) is 2.29. The fraction of sp³-hybridized carbons (Fsp3) is 1.00. The van der Waals surface area contributed by atoms with Gasteiger partial charge in [0.25, 0.3) is 0 Å². The van der Waals surface area contributed by atoms with E-state index in [9.17, 15) is 0 Å². The van der Waals surface area contributed by atoms with E-state index in [2.05, 4.69) is 11.8 Å². The van der Waals surface area contributed by atoms with Crippen LogP contribution >= 0.6 is 0 Å². The quantitative estimate of drug-likeness (QED) is 0.606. The van der Waals surface area contributed by atoms with Crippen molar-refractivity contribution in [1.82, 2.24) is 4.90 Å². The molecule has 0 N–H and O–H groups in total. The van der Waals surface area contributed by atoms with E-state index < -0.39 is 0 Å². The van der Waals surface area contributed by atoms with Crippen LogP contribution in [0, 0.1) is 5.41 Å². The van der Waals surface area contributed by atoms with Crippen molar-refractivity contribution in [3.8, 4) is 0 Å². The highest BCUT2D eigenvalue weighted by atomic mass is 16.5. The van der Waals surface area contributed by atoms with Crippen LogP contribution in [-0.2, 0) is 4.74 Å². The van der Waals surface area contributed by atoms with Gasteiger partial charge in [0.15, 0.2) is 0 Å². The van der Waals surface area contributed by atoms with Crippen molar-refractivity contribution >= 4 is 0 Å². The smallest absolute Gasteiger partial charge is 0.0569 e. The topological polar surface area (TPSA) is 12.5 Å². The molecule has 0 saturated carbocycles. The van der Waals surface area contributed by atoms with Crippen molar-refractivity contribution in [2.24, 2.45) is 5.41 Å². The summed E-state index contributed by atoms with van der Waals surface area (Å²) < 4.78 is 5.26. The lowest BCUT2D eigenvalue weighted by molar-refractivity contribution is -0.188. The summed E-state index contributed by atoms with van der Waals surface area (Å²) >= 11 is 0. The molecule has 82 valence electrons. The molecule has 2 heteroatoms. The maximum atomic E-state index is 5.26. The molecular weight excluding hydrogens is 174 g/mol. The minimum Gasteiger partial charge on any atom is -0.380 e. The molecule has 2 nitrogen and oxygen atoms in total. The first-order valence-electron chi connectivity index (χ1n) is 6.15. The van der Waals surface area contributed by atoms with Crippen molar-refractivity contribution in [2.45, 2.75) is 39.0 Å². The van der Waals surface area contributed by atoms with Crippen molar-refractivity contribution < 1.29 is 4.74 Å². The second kappa shape index (κ2) is 4.63. The summed E-state index contributed by atoms with van der Waals surface area (Å²) in [7, 11) is 0. The highest BCUT2D eigenvalue weighted by Crippen LogP contribution is 2.37. The van der Waals surface area contributed by atoms with E-state index in [-0.39, 0.29) is 0 Å². The Morgan fingerprint density at radius 3 is 2.36 bits per heavy atom. The molecule has 14 heavy (non-hydrogen) atoms. The molecule has 0 amide bonds. The summed E-state index contributed by atoms with van der Waals surface area (Å²) in [5.74, 6) is 0. The van der Waals surface area contributed by atoms with Gasteiger partial charge >= 0.3 is 0 Å². The summed E-state index contributed by atoms with van der Waals surface area (Å²) in [4.78, 5) is 2.59. The number of nitrogens with zero attached hydrogens (tertiary/aromatic N) is 1. The summed E-state index contributed by atoms with van der Waals surface area (Å²) in [6, 6.07) is 0. The highest BCUT2D eigenvalue weighted by molar-refractivity contribution is 4.99. The van der Waals surface area contributed by atoms with Gasteiger partial charge in [-0.25, -0.2) is 0 Å². The Hall–Kier alpha value is -0.0800. The van der Waals surface area contributed by atoms with Crippen molar-refractivity contribution in [1.29, 1.82) is 0 Å². The third-order valence-corrected chi connectivity index (χ3v) is 3.51. The lowest BCUT2D eigenvalue weighted by atomic mass is 9.78. The minimum absolute atomic E-state index is 0.615. The Bertz CT molecular complexity index is 169.